The van der Waals surface area contributed by atoms with Crippen LogP contribution in [-0.4, -0.2) is 32.5 Å². The van der Waals surface area contributed by atoms with Crippen LogP contribution in [0.1, 0.15) is 46.5 Å². The number of nitrogens with zero attached hydrogens (tertiary/aromatic N) is 3. The van der Waals surface area contributed by atoms with Crippen LogP contribution in [0.3, 0.4) is 0 Å². The van der Waals surface area contributed by atoms with Gasteiger partial charge in [0.2, 0.25) is 5.91 Å². The third-order valence-corrected chi connectivity index (χ3v) is 3.83. The van der Waals surface area contributed by atoms with E-state index in [9.17, 15) is 4.79 Å². The van der Waals surface area contributed by atoms with Crippen LogP contribution in [0.15, 0.2) is 5.16 Å². The van der Waals surface area contributed by atoms with Crippen LogP contribution < -0.4 is 11.1 Å². The molecule has 0 bridgehead atoms. The lowest BCUT2D eigenvalue weighted by atomic mass is 10.2. The average molecular weight is 299 g/mol. The first kappa shape index (κ1) is 17.0. The number of carbonyl (C=O) groups is 1. The first-order valence-corrected chi connectivity index (χ1v) is 7.83. The van der Waals surface area contributed by atoms with E-state index in [-0.39, 0.29) is 17.2 Å². The molecule has 0 aliphatic rings. The fraction of sp³-hybridized carbons (Fsp3) is 0.769. The van der Waals surface area contributed by atoms with Gasteiger partial charge in [-0.1, -0.05) is 25.6 Å². The summed E-state index contributed by atoms with van der Waals surface area (Å²) in [5, 5.41) is 11.7. The highest BCUT2D eigenvalue weighted by atomic mass is 32.2. The molecule has 3 N–H and O–H groups in total. The minimum atomic E-state index is -0.207. The standard InChI is InChI=1S/C13H25N5OS/c1-8(2)7-15-12(19)10(5)20-13-17-16-11(6-14)18(13)9(3)4/h8-10H,6-7,14H2,1-5H3,(H,15,19). The summed E-state index contributed by atoms with van der Waals surface area (Å²) in [6.07, 6.45) is 0. The Hall–Kier alpha value is -1.08. The number of amides is 1. The van der Waals surface area contributed by atoms with Crippen LogP contribution in [0.2, 0.25) is 0 Å². The van der Waals surface area contributed by atoms with Gasteiger partial charge in [-0.05, 0) is 26.7 Å². The van der Waals surface area contributed by atoms with E-state index in [0.717, 1.165) is 11.0 Å². The van der Waals surface area contributed by atoms with E-state index in [2.05, 4.69) is 43.2 Å². The molecule has 1 unspecified atom stereocenters. The average Bonchev–Trinajstić information content (AvgIpc) is 2.78. The summed E-state index contributed by atoms with van der Waals surface area (Å²) in [5.41, 5.74) is 5.66. The molecule has 0 saturated carbocycles. The monoisotopic (exact) mass is 299 g/mol. The van der Waals surface area contributed by atoms with Crippen LogP contribution in [0.4, 0.5) is 0 Å². The van der Waals surface area contributed by atoms with Crippen LogP contribution in [0.25, 0.3) is 0 Å². The van der Waals surface area contributed by atoms with Gasteiger partial charge in [-0.25, -0.2) is 0 Å². The fourth-order valence-corrected chi connectivity index (χ4v) is 2.73. The zero-order valence-electron chi connectivity index (χ0n) is 12.9. The first-order chi connectivity index (χ1) is 9.36. The second-order valence-electron chi connectivity index (χ2n) is 5.47. The number of aromatic nitrogens is 3. The van der Waals surface area contributed by atoms with Crippen molar-refractivity contribution in [2.75, 3.05) is 6.54 Å². The van der Waals surface area contributed by atoms with Crippen molar-refractivity contribution in [1.29, 1.82) is 0 Å². The van der Waals surface area contributed by atoms with Crippen molar-refractivity contribution >= 4 is 17.7 Å². The van der Waals surface area contributed by atoms with Gasteiger partial charge in [0.1, 0.15) is 5.82 Å². The molecular formula is C13H25N5OS. The Kier molecular flexibility index (Phi) is 6.48. The normalized spacial score (nSPS) is 13.0. The molecule has 20 heavy (non-hydrogen) atoms. The number of carbonyl (C=O) groups excluding carboxylic acids is 1. The topological polar surface area (TPSA) is 85.8 Å². The van der Waals surface area contributed by atoms with E-state index in [1.54, 1.807) is 0 Å². The molecule has 1 aromatic rings. The molecule has 0 aromatic carbocycles. The zero-order valence-corrected chi connectivity index (χ0v) is 13.7. The second-order valence-corrected chi connectivity index (χ2v) is 6.77. The molecule has 1 atom stereocenters. The predicted molar refractivity (Wildman–Crippen MR) is 81.5 cm³/mol. The Morgan fingerprint density at radius 2 is 1.95 bits per heavy atom. The van der Waals surface area contributed by atoms with Crippen LogP contribution in [-0.2, 0) is 11.3 Å². The molecule has 1 heterocycles. The highest BCUT2D eigenvalue weighted by Gasteiger charge is 2.20. The summed E-state index contributed by atoms with van der Waals surface area (Å²) in [5.74, 6) is 1.22. The number of nitrogens with one attached hydrogen (secondary N) is 1. The smallest absolute Gasteiger partial charge is 0.233 e. The van der Waals surface area contributed by atoms with Crippen molar-refractivity contribution in [2.24, 2.45) is 11.7 Å². The van der Waals surface area contributed by atoms with Gasteiger partial charge >= 0.3 is 0 Å². The van der Waals surface area contributed by atoms with Crippen molar-refractivity contribution in [3.63, 3.8) is 0 Å². The van der Waals surface area contributed by atoms with Crippen LogP contribution >= 0.6 is 11.8 Å². The Balaban J connectivity index is 2.73. The Bertz CT molecular complexity index is 444. The maximum Gasteiger partial charge on any atom is 0.233 e. The highest BCUT2D eigenvalue weighted by molar-refractivity contribution is 8.00. The van der Waals surface area contributed by atoms with Crippen molar-refractivity contribution in [2.45, 2.75) is 57.6 Å². The molecule has 1 rings (SSSR count). The molecule has 0 aliphatic carbocycles. The maximum atomic E-state index is 12.0. The Morgan fingerprint density at radius 3 is 2.45 bits per heavy atom. The quantitative estimate of drug-likeness (QED) is 0.746. The lowest BCUT2D eigenvalue weighted by Gasteiger charge is -2.16. The second kappa shape index (κ2) is 7.64. The van der Waals surface area contributed by atoms with Crippen LogP contribution in [0, 0.1) is 5.92 Å². The molecule has 0 fully saturated rings. The number of hydrogen-bond donors (Lipinski definition) is 2. The van der Waals surface area contributed by atoms with Gasteiger partial charge in [0, 0.05) is 12.6 Å². The van der Waals surface area contributed by atoms with Gasteiger partial charge in [-0.3, -0.25) is 4.79 Å². The SMILES string of the molecule is CC(C)CNC(=O)C(C)Sc1nnc(CN)n1C(C)C. The van der Waals surface area contributed by atoms with Gasteiger partial charge in [0.05, 0.1) is 11.8 Å². The molecule has 6 nitrogen and oxygen atoms in total. The number of thioether (sulfide) groups is 1. The summed E-state index contributed by atoms with van der Waals surface area (Å²) >= 11 is 1.42. The molecule has 1 amide bonds. The maximum absolute atomic E-state index is 12.0. The number of hydrogen-bond acceptors (Lipinski definition) is 5. The molecule has 0 spiro atoms. The van der Waals surface area contributed by atoms with Crippen molar-refractivity contribution in [3.8, 4) is 0 Å². The van der Waals surface area contributed by atoms with Crippen LogP contribution in [0.5, 0.6) is 0 Å². The molecule has 114 valence electrons. The van der Waals surface area contributed by atoms with Crippen molar-refractivity contribution in [3.05, 3.63) is 5.82 Å². The fourth-order valence-electron chi connectivity index (χ4n) is 1.71. The van der Waals surface area contributed by atoms with E-state index in [1.165, 1.54) is 11.8 Å². The predicted octanol–water partition coefficient (Wildman–Crippen LogP) is 1.57. The molecule has 0 radical (unpaired) electrons. The Morgan fingerprint density at radius 1 is 1.30 bits per heavy atom. The van der Waals surface area contributed by atoms with E-state index in [4.69, 9.17) is 5.73 Å². The molecule has 1 aromatic heterocycles. The van der Waals surface area contributed by atoms with Gasteiger partial charge < -0.3 is 15.6 Å². The molecule has 0 aliphatic heterocycles. The van der Waals surface area contributed by atoms with E-state index in [0.29, 0.717) is 19.0 Å². The van der Waals surface area contributed by atoms with Gasteiger partial charge in [-0.15, -0.1) is 10.2 Å². The van der Waals surface area contributed by atoms with E-state index >= 15 is 0 Å². The minimum absolute atomic E-state index is 0.0244. The first-order valence-electron chi connectivity index (χ1n) is 6.95. The van der Waals surface area contributed by atoms with Crippen molar-refractivity contribution in [1.82, 2.24) is 20.1 Å². The lowest BCUT2D eigenvalue weighted by Crippen LogP contribution is -2.33. The van der Waals surface area contributed by atoms with Crippen molar-refractivity contribution < 1.29 is 4.79 Å². The summed E-state index contributed by atoms with van der Waals surface area (Å²) in [4.78, 5) is 12.0. The third-order valence-electron chi connectivity index (χ3n) is 2.77. The van der Waals surface area contributed by atoms with Gasteiger partial charge in [-0.2, -0.15) is 0 Å². The largest absolute Gasteiger partial charge is 0.355 e. The Labute approximate surface area is 124 Å². The summed E-state index contributed by atoms with van der Waals surface area (Å²) in [7, 11) is 0. The van der Waals surface area contributed by atoms with E-state index < -0.39 is 0 Å². The van der Waals surface area contributed by atoms with Gasteiger partial charge in [0.15, 0.2) is 5.16 Å². The summed E-state index contributed by atoms with van der Waals surface area (Å²) < 4.78 is 1.98. The lowest BCUT2D eigenvalue weighted by molar-refractivity contribution is -0.120. The van der Waals surface area contributed by atoms with Gasteiger partial charge in [0.25, 0.3) is 0 Å². The number of nitrogens with two attached hydrogens (primary N) is 1. The third kappa shape index (κ3) is 4.49. The number of rotatable bonds is 7. The summed E-state index contributed by atoms with van der Waals surface area (Å²) in [6, 6.07) is 0.219. The molecular weight excluding hydrogens is 274 g/mol. The molecule has 0 saturated heterocycles. The highest BCUT2D eigenvalue weighted by Crippen LogP contribution is 2.25. The zero-order chi connectivity index (χ0) is 15.3. The minimum Gasteiger partial charge on any atom is -0.355 e. The summed E-state index contributed by atoms with van der Waals surface area (Å²) in [6.45, 7) is 11.2. The van der Waals surface area contributed by atoms with E-state index in [1.807, 2.05) is 11.5 Å². The molecule has 7 heteroatoms.